The maximum absolute atomic E-state index is 12.8. The molecular formula is C19H21NO3. The van der Waals surface area contributed by atoms with E-state index in [0.29, 0.717) is 24.6 Å². The second-order valence-electron chi connectivity index (χ2n) is 5.61. The Hall–Kier alpha value is -2.49. The lowest BCUT2D eigenvalue weighted by molar-refractivity contribution is -0.141. The Morgan fingerprint density at radius 3 is 2.52 bits per heavy atom. The van der Waals surface area contributed by atoms with Gasteiger partial charge in [0.2, 0.25) is 6.10 Å². The minimum Gasteiger partial charge on any atom is -0.485 e. The zero-order valence-corrected chi connectivity index (χ0v) is 13.3. The Labute approximate surface area is 136 Å². The molecule has 2 aromatic carbocycles. The summed E-state index contributed by atoms with van der Waals surface area (Å²) in [5, 5.41) is 0. The molecule has 0 aromatic heterocycles. The van der Waals surface area contributed by atoms with Gasteiger partial charge in [-0.15, -0.1) is 0 Å². The number of rotatable bonds is 5. The number of hydrogen-bond acceptors (Lipinski definition) is 3. The van der Waals surface area contributed by atoms with E-state index in [0.717, 1.165) is 12.0 Å². The van der Waals surface area contributed by atoms with Gasteiger partial charge in [0.05, 0.1) is 0 Å². The molecule has 0 spiro atoms. The van der Waals surface area contributed by atoms with Crippen LogP contribution in [-0.2, 0) is 11.3 Å². The van der Waals surface area contributed by atoms with Crippen LogP contribution in [0.3, 0.4) is 0 Å². The standard InChI is InChI=1S/C19H21NO3/c1-2-12-20(13-15-8-4-3-5-9-15)19(21)18-14-22-16-10-6-7-11-17(16)23-18/h3-11,18H,2,12-14H2,1H3. The summed E-state index contributed by atoms with van der Waals surface area (Å²) in [5.41, 5.74) is 1.12. The number of hydrogen-bond donors (Lipinski definition) is 0. The normalized spacial score (nSPS) is 16.0. The van der Waals surface area contributed by atoms with Crippen LogP contribution in [0.4, 0.5) is 0 Å². The maximum atomic E-state index is 12.8. The smallest absolute Gasteiger partial charge is 0.267 e. The van der Waals surface area contributed by atoms with Crippen molar-refractivity contribution < 1.29 is 14.3 Å². The summed E-state index contributed by atoms with van der Waals surface area (Å²) < 4.78 is 11.5. The number of carbonyl (C=O) groups is 1. The third kappa shape index (κ3) is 3.65. The van der Waals surface area contributed by atoms with Gasteiger partial charge in [-0.3, -0.25) is 4.79 Å². The molecule has 2 aromatic rings. The van der Waals surface area contributed by atoms with Crippen molar-refractivity contribution in [1.29, 1.82) is 0 Å². The monoisotopic (exact) mass is 311 g/mol. The fourth-order valence-electron chi connectivity index (χ4n) is 2.69. The SMILES string of the molecule is CCCN(Cc1ccccc1)C(=O)C1COc2ccccc2O1. The topological polar surface area (TPSA) is 38.8 Å². The second kappa shape index (κ2) is 7.18. The van der Waals surface area contributed by atoms with E-state index in [1.807, 2.05) is 59.5 Å². The molecule has 1 aliphatic heterocycles. The van der Waals surface area contributed by atoms with Crippen LogP contribution in [0.15, 0.2) is 54.6 Å². The molecule has 0 fully saturated rings. The van der Waals surface area contributed by atoms with Gasteiger partial charge in [0.15, 0.2) is 11.5 Å². The van der Waals surface area contributed by atoms with Crippen LogP contribution in [0.5, 0.6) is 11.5 Å². The highest BCUT2D eigenvalue weighted by molar-refractivity contribution is 5.82. The summed E-state index contributed by atoms with van der Waals surface area (Å²) in [7, 11) is 0. The van der Waals surface area contributed by atoms with Gasteiger partial charge >= 0.3 is 0 Å². The minimum absolute atomic E-state index is 0.0230. The Balaban J connectivity index is 1.71. The van der Waals surface area contributed by atoms with Crippen molar-refractivity contribution in [1.82, 2.24) is 4.90 Å². The van der Waals surface area contributed by atoms with Gasteiger partial charge in [-0.05, 0) is 24.1 Å². The third-order valence-electron chi connectivity index (χ3n) is 3.81. The third-order valence-corrected chi connectivity index (χ3v) is 3.81. The Morgan fingerprint density at radius 2 is 1.78 bits per heavy atom. The van der Waals surface area contributed by atoms with Gasteiger partial charge in [-0.2, -0.15) is 0 Å². The average Bonchev–Trinajstić information content (AvgIpc) is 2.61. The second-order valence-corrected chi connectivity index (χ2v) is 5.61. The van der Waals surface area contributed by atoms with Crippen LogP contribution >= 0.6 is 0 Å². The van der Waals surface area contributed by atoms with Crippen LogP contribution in [0, 0.1) is 0 Å². The number of para-hydroxylation sites is 2. The maximum Gasteiger partial charge on any atom is 0.267 e. The van der Waals surface area contributed by atoms with Gasteiger partial charge in [0, 0.05) is 13.1 Å². The Bertz CT molecular complexity index is 657. The summed E-state index contributed by atoms with van der Waals surface area (Å²) in [6, 6.07) is 17.5. The highest BCUT2D eigenvalue weighted by Gasteiger charge is 2.30. The summed E-state index contributed by atoms with van der Waals surface area (Å²) in [6.45, 7) is 3.62. The van der Waals surface area contributed by atoms with Crippen LogP contribution in [0.25, 0.3) is 0 Å². The summed E-state index contributed by atoms with van der Waals surface area (Å²) in [5.74, 6) is 1.31. The number of carbonyl (C=O) groups excluding carboxylic acids is 1. The van der Waals surface area contributed by atoms with Crippen LogP contribution in [0.2, 0.25) is 0 Å². The lowest BCUT2D eigenvalue weighted by atomic mass is 10.2. The molecule has 0 aliphatic carbocycles. The molecule has 1 aliphatic rings. The molecule has 3 rings (SSSR count). The van der Waals surface area contributed by atoms with Crippen LogP contribution in [0.1, 0.15) is 18.9 Å². The average molecular weight is 311 g/mol. The number of benzene rings is 2. The van der Waals surface area contributed by atoms with E-state index in [2.05, 4.69) is 6.92 Å². The first-order chi connectivity index (χ1) is 11.3. The molecule has 0 bridgehead atoms. The zero-order valence-electron chi connectivity index (χ0n) is 13.3. The highest BCUT2D eigenvalue weighted by atomic mass is 16.6. The first-order valence-corrected chi connectivity index (χ1v) is 7.99. The summed E-state index contributed by atoms with van der Waals surface area (Å²) in [4.78, 5) is 14.7. The van der Waals surface area contributed by atoms with Crippen LogP contribution in [-0.4, -0.2) is 30.1 Å². The molecule has 1 atom stereocenters. The summed E-state index contributed by atoms with van der Waals surface area (Å²) in [6.07, 6.45) is 0.322. The van der Waals surface area contributed by atoms with Crippen molar-refractivity contribution in [3.63, 3.8) is 0 Å². The molecule has 0 saturated heterocycles. The molecule has 4 heteroatoms. The van der Waals surface area contributed by atoms with Gasteiger partial charge in [0.25, 0.3) is 5.91 Å². The quantitative estimate of drug-likeness (QED) is 0.851. The number of fused-ring (bicyclic) bond motifs is 1. The Kier molecular flexibility index (Phi) is 4.81. The fourth-order valence-corrected chi connectivity index (χ4v) is 2.69. The summed E-state index contributed by atoms with van der Waals surface area (Å²) >= 11 is 0. The predicted octanol–water partition coefficient (Wildman–Crippen LogP) is 3.27. The predicted molar refractivity (Wildman–Crippen MR) is 88.5 cm³/mol. The zero-order chi connectivity index (χ0) is 16.1. The molecular weight excluding hydrogens is 290 g/mol. The highest BCUT2D eigenvalue weighted by Crippen LogP contribution is 2.31. The first kappa shape index (κ1) is 15.4. The molecule has 0 N–H and O–H groups in total. The molecule has 1 unspecified atom stereocenters. The Morgan fingerprint density at radius 1 is 1.09 bits per heavy atom. The van der Waals surface area contributed by atoms with Gasteiger partial charge < -0.3 is 14.4 Å². The van der Waals surface area contributed by atoms with E-state index in [1.165, 1.54) is 0 Å². The van der Waals surface area contributed by atoms with E-state index in [4.69, 9.17) is 9.47 Å². The van der Waals surface area contributed by atoms with Gasteiger partial charge in [-0.1, -0.05) is 49.4 Å². The van der Waals surface area contributed by atoms with Crippen molar-refractivity contribution in [2.45, 2.75) is 26.0 Å². The van der Waals surface area contributed by atoms with Crippen molar-refractivity contribution >= 4 is 5.91 Å². The largest absolute Gasteiger partial charge is 0.485 e. The minimum atomic E-state index is -0.583. The molecule has 23 heavy (non-hydrogen) atoms. The van der Waals surface area contributed by atoms with E-state index in [-0.39, 0.29) is 12.5 Å². The lowest BCUT2D eigenvalue weighted by Crippen LogP contribution is -2.46. The lowest BCUT2D eigenvalue weighted by Gasteiger charge is -2.30. The molecule has 120 valence electrons. The van der Waals surface area contributed by atoms with Crippen molar-refractivity contribution in [2.24, 2.45) is 0 Å². The number of ether oxygens (including phenoxy) is 2. The van der Waals surface area contributed by atoms with Crippen molar-refractivity contribution in [3.05, 3.63) is 60.2 Å². The van der Waals surface area contributed by atoms with E-state index in [1.54, 1.807) is 0 Å². The van der Waals surface area contributed by atoms with Crippen LogP contribution < -0.4 is 9.47 Å². The molecule has 1 heterocycles. The van der Waals surface area contributed by atoms with E-state index >= 15 is 0 Å². The fraction of sp³-hybridized carbons (Fsp3) is 0.316. The molecule has 1 amide bonds. The van der Waals surface area contributed by atoms with Crippen molar-refractivity contribution in [3.8, 4) is 11.5 Å². The molecule has 4 nitrogen and oxygen atoms in total. The first-order valence-electron chi connectivity index (χ1n) is 7.99. The van der Waals surface area contributed by atoms with Crippen molar-refractivity contribution in [2.75, 3.05) is 13.2 Å². The molecule has 0 radical (unpaired) electrons. The number of amides is 1. The van der Waals surface area contributed by atoms with Gasteiger partial charge in [-0.25, -0.2) is 0 Å². The van der Waals surface area contributed by atoms with Gasteiger partial charge in [0.1, 0.15) is 6.61 Å². The van der Waals surface area contributed by atoms with E-state index < -0.39 is 6.10 Å². The number of nitrogens with zero attached hydrogens (tertiary/aromatic N) is 1. The van der Waals surface area contributed by atoms with E-state index in [9.17, 15) is 4.79 Å². The molecule has 0 saturated carbocycles.